The zero-order chi connectivity index (χ0) is 17.4. The smallest absolute Gasteiger partial charge is 0.140 e. The molecule has 2 rings (SSSR count). The lowest BCUT2D eigenvalue weighted by Crippen LogP contribution is -2.31. The highest BCUT2D eigenvalue weighted by Gasteiger charge is 2.10. The highest BCUT2D eigenvalue weighted by Crippen LogP contribution is 2.11. The van der Waals surface area contributed by atoms with E-state index in [1.165, 1.54) is 12.1 Å². The molecule has 0 heterocycles. The average molecular weight is 328 g/mol. The molecule has 1 N–H and O–H groups in total. The maximum Gasteiger partial charge on any atom is 0.140 e. The third-order valence-electron chi connectivity index (χ3n) is 3.55. The van der Waals surface area contributed by atoms with Gasteiger partial charge < -0.3 is 9.84 Å². The van der Waals surface area contributed by atoms with E-state index >= 15 is 0 Å². The van der Waals surface area contributed by atoms with Crippen molar-refractivity contribution in [2.24, 2.45) is 0 Å². The molecular formula is C19H21FN2O2. The molecule has 0 saturated carbocycles. The maximum absolute atomic E-state index is 13.3. The first-order chi connectivity index (χ1) is 11.6. The van der Waals surface area contributed by atoms with Gasteiger partial charge in [-0.2, -0.15) is 5.26 Å². The molecule has 1 atom stereocenters. The molecule has 126 valence electrons. The molecule has 0 aliphatic rings. The lowest BCUT2D eigenvalue weighted by atomic mass is 10.1. The van der Waals surface area contributed by atoms with Gasteiger partial charge in [0.2, 0.25) is 0 Å². The van der Waals surface area contributed by atoms with Gasteiger partial charge in [0.1, 0.15) is 11.9 Å². The van der Waals surface area contributed by atoms with Gasteiger partial charge in [0, 0.05) is 13.1 Å². The fourth-order valence-electron chi connectivity index (χ4n) is 2.43. The van der Waals surface area contributed by atoms with Crippen LogP contribution in [-0.4, -0.2) is 36.3 Å². The number of rotatable bonds is 8. The van der Waals surface area contributed by atoms with Crippen molar-refractivity contribution in [3.8, 4) is 6.07 Å². The molecule has 0 amide bonds. The van der Waals surface area contributed by atoms with Gasteiger partial charge in [-0.1, -0.05) is 36.4 Å². The summed E-state index contributed by atoms with van der Waals surface area (Å²) < 4.78 is 18.8. The van der Waals surface area contributed by atoms with Crippen LogP contribution in [0.5, 0.6) is 0 Å². The molecule has 0 bridgehead atoms. The van der Waals surface area contributed by atoms with E-state index in [0.29, 0.717) is 19.7 Å². The Morgan fingerprint density at radius 3 is 2.67 bits per heavy atom. The fourth-order valence-corrected chi connectivity index (χ4v) is 2.43. The normalized spacial score (nSPS) is 12.1. The Morgan fingerprint density at radius 2 is 1.96 bits per heavy atom. The van der Waals surface area contributed by atoms with Gasteiger partial charge in [-0.3, -0.25) is 4.90 Å². The van der Waals surface area contributed by atoms with Crippen molar-refractivity contribution in [2.75, 3.05) is 20.2 Å². The lowest BCUT2D eigenvalue weighted by Gasteiger charge is -2.20. The summed E-state index contributed by atoms with van der Waals surface area (Å²) in [5.74, 6) is -0.516. The molecule has 2 aromatic rings. The predicted molar refractivity (Wildman–Crippen MR) is 89.6 cm³/mol. The quantitative estimate of drug-likeness (QED) is 0.809. The van der Waals surface area contributed by atoms with E-state index in [9.17, 15) is 9.50 Å². The van der Waals surface area contributed by atoms with Crippen molar-refractivity contribution in [1.82, 2.24) is 4.90 Å². The van der Waals surface area contributed by atoms with Crippen LogP contribution >= 0.6 is 0 Å². The summed E-state index contributed by atoms with van der Waals surface area (Å²) in [6, 6.07) is 16.1. The Morgan fingerprint density at radius 1 is 1.21 bits per heavy atom. The zero-order valence-electron chi connectivity index (χ0n) is 13.7. The van der Waals surface area contributed by atoms with Crippen LogP contribution in [0.1, 0.15) is 16.7 Å². The highest BCUT2D eigenvalue weighted by atomic mass is 19.1. The molecule has 5 heteroatoms. The van der Waals surface area contributed by atoms with Gasteiger partial charge in [-0.05, 0) is 30.3 Å². The van der Waals surface area contributed by atoms with E-state index in [0.717, 1.165) is 11.1 Å². The Labute approximate surface area is 141 Å². The second-order valence-electron chi connectivity index (χ2n) is 5.78. The van der Waals surface area contributed by atoms with Crippen LogP contribution in [0.2, 0.25) is 0 Å². The van der Waals surface area contributed by atoms with E-state index in [1.807, 2.05) is 48.3 Å². The van der Waals surface area contributed by atoms with Crippen LogP contribution in [0, 0.1) is 17.1 Å². The number of aliphatic hydroxyl groups is 1. The van der Waals surface area contributed by atoms with Crippen LogP contribution in [0.25, 0.3) is 0 Å². The number of nitrogens with zero attached hydrogens (tertiary/aromatic N) is 2. The zero-order valence-corrected chi connectivity index (χ0v) is 13.7. The van der Waals surface area contributed by atoms with Gasteiger partial charge in [0.15, 0.2) is 0 Å². The second kappa shape index (κ2) is 9.14. The number of aliphatic hydroxyl groups excluding tert-OH is 1. The molecule has 0 aromatic heterocycles. The predicted octanol–water partition coefficient (Wildman–Crippen LogP) is 2.71. The summed E-state index contributed by atoms with van der Waals surface area (Å²) in [6.07, 6.45) is -0.616. The molecule has 1 unspecified atom stereocenters. The largest absolute Gasteiger partial charge is 0.389 e. The third kappa shape index (κ3) is 5.74. The maximum atomic E-state index is 13.3. The average Bonchev–Trinajstić information content (AvgIpc) is 2.57. The Bertz CT molecular complexity index is 686. The van der Waals surface area contributed by atoms with E-state index in [-0.39, 0.29) is 12.2 Å². The molecule has 0 fully saturated rings. The van der Waals surface area contributed by atoms with Crippen molar-refractivity contribution in [1.29, 1.82) is 5.26 Å². The molecule has 0 radical (unpaired) electrons. The van der Waals surface area contributed by atoms with Crippen molar-refractivity contribution in [3.63, 3.8) is 0 Å². The van der Waals surface area contributed by atoms with Gasteiger partial charge >= 0.3 is 0 Å². The third-order valence-corrected chi connectivity index (χ3v) is 3.55. The first-order valence-corrected chi connectivity index (χ1v) is 7.75. The molecule has 0 aliphatic carbocycles. The summed E-state index contributed by atoms with van der Waals surface area (Å²) in [6.45, 7) is 1.65. The summed E-state index contributed by atoms with van der Waals surface area (Å²) in [5, 5.41) is 18.9. The monoisotopic (exact) mass is 328 g/mol. The number of hydrogen-bond acceptors (Lipinski definition) is 4. The van der Waals surface area contributed by atoms with Crippen LogP contribution in [0.15, 0.2) is 48.5 Å². The van der Waals surface area contributed by atoms with Gasteiger partial charge in [-0.15, -0.1) is 0 Å². The summed E-state index contributed by atoms with van der Waals surface area (Å²) in [5.41, 5.74) is 1.92. The summed E-state index contributed by atoms with van der Waals surface area (Å²) in [7, 11) is 1.86. The van der Waals surface area contributed by atoms with Crippen LogP contribution in [0.3, 0.4) is 0 Å². The highest BCUT2D eigenvalue weighted by molar-refractivity contribution is 5.34. The topological polar surface area (TPSA) is 56.5 Å². The molecule has 0 spiro atoms. The minimum absolute atomic E-state index is 0.0349. The molecule has 0 aliphatic heterocycles. The lowest BCUT2D eigenvalue weighted by molar-refractivity contribution is 0.0127. The number of ether oxygens (including phenoxy) is 1. The first-order valence-electron chi connectivity index (χ1n) is 7.75. The van der Waals surface area contributed by atoms with Crippen LogP contribution in [0.4, 0.5) is 4.39 Å². The summed E-state index contributed by atoms with van der Waals surface area (Å²) >= 11 is 0. The number of hydrogen-bond donors (Lipinski definition) is 1. The van der Waals surface area contributed by atoms with Crippen molar-refractivity contribution in [2.45, 2.75) is 19.3 Å². The van der Waals surface area contributed by atoms with Gasteiger partial charge in [0.25, 0.3) is 0 Å². The van der Waals surface area contributed by atoms with E-state index in [1.54, 1.807) is 6.07 Å². The fraction of sp³-hybridized carbons (Fsp3) is 0.316. The number of likely N-dealkylation sites (N-methyl/N-ethyl adjacent to an activating group) is 1. The van der Waals surface area contributed by atoms with Crippen LogP contribution in [-0.2, 0) is 17.9 Å². The Balaban J connectivity index is 1.75. The molecular weight excluding hydrogens is 307 g/mol. The van der Waals surface area contributed by atoms with E-state index < -0.39 is 11.9 Å². The number of halogens is 1. The SMILES string of the molecule is CN(Cc1ccc(F)c(C#N)c1)CC(O)COCc1ccccc1. The van der Waals surface area contributed by atoms with Gasteiger partial charge in [0.05, 0.1) is 24.9 Å². The molecule has 2 aromatic carbocycles. The minimum Gasteiger partial charge on any atom is -0.389 e. The first kappa shape index (κ1) is 18.1. The van der Waals surface area contributed by atoms with Crippen molar-refractivity contribution < 1.29 is 14.2 Å². The minimum atomic E-state index is -0.616. The summed E-state index contributed by atoms with van der Waals surface area (Å²) in [4.78, 5) is 1.91. The van der Waals surface area contributed by atoms with Crippen LogP contribution < -0.4 is 0 Å². The van der Waals surface area contributed by atoms with Crippen molar-refractivity contribution >= 4 is 0 Å². The Kier molecular flexibility index (Phi) is 6.89. The van der Waals surface area contributed by atoms with Crippen molar-refractivity contribution in [3.05, 3.63) is 71.0 Å². The standard InChI is InChI=1S/C19H21FN2O2/c1-22(11-16-7-8-19(20)17(9-16)10-21)12-18(23)14-24-13-15-5-3-2-4-6-15/h2-9,18,23H,11-14H2,1H3. The molecule has 0 saturated heterocycles. The van der Waals surface area contributed by atoms with Gasteiger partial charge in [-0.25, -0.2) is 4.39 Å². The number of nitriles is 1. The molecule has 4 nitrogen and oxygen atoms in total. The number of benzene rings is 2. The second-order valence-corrected chi connectivity index (χ2v) is 5.78. The van der Waals surface area contributed by atoms with E-state index in [4.69, 9.17) is 10.00 Å². The Hall–Kier alpha value is -2.26. The molecule has 24 heavy (non-hydrogen) atoms. The van der Waals surface area contributed by atoms with E-state index in [2.05, 4.69) is 0 Å².